The van der Waals surface area contributed by atoms with Gasteiger partial charge in [-0.2, -0.15) is 0 Å². The molecule has 2 N–H and O–H groups in total. The molecule has 5 aromatic rings. The third kappa shape index (κ3) is 13.2. The summed E-state index contributed by atoms with van der Waals surface area (Å²) in [5.74, 6) is 0.467. The quantitative estimate of drug-likeness (QED) is 0.0382. The van der Waals surface area contributed by atoms with Crippen LogP contribution in [0.4, 0.5) is 17.1 Å². The number of rotatable bonds is 22. The molecule has 0 fully saturated rings. The number of ketones is 1. The first-order chi connectivity index (χ1) is 37.6. The summed E-state index contributed by atoms with van der Waals surface area (Å²) in [6.45, 7) is 11.1. The molecule has 0 radical (unpaired) electrons. The van der Waals surface area contributed by atoms with Crippen LogP contribution < -0.4 is 29.7 Å². The van der Waals surface area contributed by atoms with Crippen molar-refractivity contribution in [2.24, 2.45) is 5.92 Å². The highest BCUT2D eigenvalue weighted by molar-refractivity contribution is 8.77. The SMILES string of the molecule is CCCOCC(=O)CC(CSSC(C)(C)CCC(=O)Nc1cc(COc2cc3c(cc2C)C(=O)N2Cc4ccccc4C[C@H]2CN3C)cc(COc2cc3c(cc2OC)C(=O)N2Cc4ccccc4C[C@H]2CN3)c1)C(=O)OC. The van der Waals surface area contributed by atoms with Gasteiger partial charge in [0.05, 0.1) is 54.7 Å². The van der Waals surface area contributed by atoms with E-state index >= 15 is 0 Å². The molecule has 4 aliphatic rings. The molecule has 0 aromatic heterocycles. The van der Waals surface area contributed by atoms with Crippen molar-refractivity contribution in [3.8, 4) is 17.2 Å². The van der Waals surface area contributed by atoms with Crippen molar-refractivity contribution in [2.45, 2.75) is 109 Å². The molecular weight excluding hydrogens is 1030 g/mol. The highest BCUT2D eigenvalue weighted by Gasteiger charge is 2.37. The molecule has 0 spiro atoms. The topological polar surface area (TPSA) is 165 Å². The monoisotopic (exact) mass is 1100 g/mol. The number of hydrogen-bond acceptors (Lipinski definition) is 14. The molecule has 9 rings (SSSR count). The Labute approximate surface area is 465 Å². The predicted molar refractivity (Wildman–Crippen MR) is 307 cm³/mol. The number of carbonyl (C=O) groups is 5. The number of likely N-dealkylation sites (N-methyl/N-ethyl adjacent to an activating group) is 1. The molecule has 5 aromatic carbocycles. The van der Waals surface area contributed by atoms with Crippen molar-refractivity contribution in [1.82, 2.24) is 9.80 Å². The van der Waals surface area contributed by atoms with E-state index in [1.54, 1.807) is 24.0 Å². The van der Waals surface area contributed by atoms with E-state index in [0.29, 0.717) is 84.7 Å². The summed E-state index contributed by atoms with van der Waals surface area (Å²) in [6.07, 6.45) is 3.14. The van der Waals surface area contributed by atoms with E-state index in [0.717, 1.165) is 47.2 Å². The lowest BCUT2D eigenvalue weighted by atomic mass is 9.93. The van der Waals surface area contributed by atoms with Gasteiger partial charge in [0, 0.05) is 81.0 Å². The number of ether oxygens (including phenoxy) is 5. The number of Topliss-reactive ketones (excluding diaryl/α,β-unsaturated/α-hetero) is 1. The van der Waals surface area contributed by atoms with Gasteiger partial charge in [-0.05, 0) is 116 Å². The first-order valence-electron chi connectivity index (χ1n) is 26.8. The van der Waals surface area contributed by atoms with Gasteiger partial charge in [-0.3, -0.25) is 24.0 Å². The first-order valence-corrected chi connectivity index (χ1v) is 29.2. The second-order valence-electron chi connectivity index (χ2n) is 21.4. The van der Waals surface area contributed by atoms with Crippen molar-refractivity contribution < 1.29 is 47.7 Å². The fraction of sp³-hybridized carbons (Fsp3) is 0.426. The van der Waals surface area contributed by atoms with Crippen LogP contribution >= 0.6 is 21.6 Å². The summed E-state index contributed by atoms with van der Waals surface area (Å²) in [6, 6.07) is 29.9. The number of anilines is 3. The first kappa shape index (κ1) is 56.0. The second kappa shape index (κ2) is 25.0. The molecule has 3 amide bonds. The summed E-state index contributed by atoms with van der Waals surface area (Å²) >= 11 is 0. The van der Waals surface area contributed by atoms with Gasteiger partial charge in [0.1, 0.15) is 25.6 Å². The molecular formula is C61H71N5O10S2. The van der Waals surface area contributed by atoms with Crippen LogP contribution in [0.5, 0.6) is 17.2 Å². The fourth-order valence-corrected chi connectivity index (χ4v) is 13.6. The van der Waals surface area contributed by atoms with E-state index in [-0.39, 0.29) is 73.0 Å². The van der Waals surface area contributed by atoms with Crippen molar-refractivity contribution in [1.29, 1.82) is 0 Å². The maximum atomic E-state index is 14.3. The van der Waals surface area contributed by atoms with E-state index in [1.807, 2.05) is 85.3 Å². The van der Waals surface area contributed by atoms with Gasteiger partial charge in [0.2, 0.25) is 5.91 Å². The van der Waals surface area contributed by atoms with Crippen LogP contribution in [0.15, 0.2) is 91.0 Å². The zero-order valence-corrected chi connectivity index (χ0v) is 47.4. The lowest BCUT2D eigenvalue weighted by Gasteiger charge is -2.36. The molecule has 4 aliphatic heterocycles. The second-order valence-corrected chi connectivity index (χ2v) is 24.4. The van der Waals surface area contributed by atoms with Crippen LogP contribution in [0.1, 0.15) is 106 Å². The number of nitrogens with one attached hydrogen (secondary N) is 2. The minimum absolute atomic E-state index is 0.0110. The minimum Gasteiger partial charge on any atom is -0.493 e. The predicted octanol–water partition coefficient (Wildman–Crippen LogP) is 10.2. The summed E-state index contributed by atoms with van der Waals surface area (Å²) in [7, 11) is 7.96. The number of carbonyl (C=O) groups excluding carboxylic acids is 5. The summed E-state index contributed by atoms with van der Waals surface area (Å²) < 4.78 is 29.1. The number of amides is 3. The maximum Gasteiger partial charge on any atom is 0.309 e. The Bertz CT molecular complexity index is 3060. The molecule has 0 aliphatic carbocycles. The lowest BCUT2D eigenvalue weighted by Crippen LogP contribution is -2.47. The number of benzene rings is 5. The van der Waals surface area contributed by atoms with Crippen molar-refractivity contribution in [3.63, 3.8) is 0 Å². The number of aryl methyl sites for hydroxylation is 1. The average Bonchev–Trinajstić information content (AvgIpc) is 3.73. The van der Waals surface area contributed by atoms with Gasteiger partial charge >= 0.3 is 5.97 Å². The highest BCUT2D eigenvalue weighted by atomic mass is 33.1. The molecule has 0 saturated heterocycles. The van der Waals surface area contributed by atoms with Crippen LogP contribution in [-0.4, -0.2) is 109 Å². The van der Waals surface area contributed by atoms with E-state index in [2.05, 4.69) is 59.7 Å². The molecule has 1 unspecified atom stereocenters. The number of esters is 1. The van der Waals surface area contributed by atoms with Crippen LogP contribution in [0.25, 0.3) is 0 Å². The Morgan fingerprint density at radius 2 is 1.44 bits per heavy atom. The molecule has 412 valence electrons. The van der Waals surface area contributed by atoms with Crippen molar-refractivity contribution in [2.75, 3.05) is 68.9 Å². The number of hydrogen-bond donors (Lipinski definition) is 2. The van der Waals surface area contributed by atoms with Gasteiger partial charge in [0.15, 0.2) is 17.3 Å². The van der Waals surface area contributed by atoms with Gasteiger partial charge in [0.25, 0.3) is 11.8 Å². The van der Waals surface area contributed by atoms with Crippen LogP contribution in [0.2, 0.25) is 0 Å². The molecule has 78 heavy (non-hydrogen) atoms. The van der Waals surface area contributed by atoms with Crippen molar-refractivity contribution >= 4 is 68.1 Å². The molecule has 15 nitrogen and oxygen atoms in total. The van der Waals surface area contributed by atoms with E-state index in [4.69, 9.17) is 23.7 Å². The molecule has 3 atom stereocenters. The van der Waals surface area contributed by atoms with Crippen LogP contribution in [0, 0.1) is 12.8 Å². The molecule has 17 heteroatoms. The van der Waals surface area contributed by atoms with E-state index in [1.165, 1.54) is 34.6 Å². The van der Waals surface area contributed by atoms with Crippen LogP contribution in [0.3, 0.4) is 0 Å². The summed E-state index contributed by atoms with van der Waals surface area (Å²) in [4.78, 5) is 73.5. The largest absolute Gasteiger partial charge is 0.493 e. The van der Waals surface area contributed by atoms with E-state index in [9.17, 15) is 24.0 Å². The van der Waals surface area contributed by atoms with Gasteiger partial charge in [-0.1, -0.05) is 77.0 Å². The highest BCUT2D eigenvalue weighted by Crippen LogP contribution is 2.42. The normalized spacial score (nSPS) is 16.9. The lowest BCUT2D eigenvalue weighted by molar-refractivity contribution is -0.146. The standard InChI is InChI=1S/C61H71N5O10S2/c1-8-19-74-36-49(67)26-45(60(71)73-7)37-77-78-61(3,4)18-17-57(68)63-46-22-39(34-75-54-29-53-51(20-38(54)2)59(70)66-32-44-16-12-10-14-42(44)25-48(66)33-64(53)5)21-40(23-46)35-76-56-28-52-50(27-55(56)72-6)58(69)65-31-43-15-11-9-13-41(43)24-47(65)30-62-52/h9-16,20-23,27-29,45,47-48,62H,8,17-19,24-26,30-37H2,1-7H3,(H,63,68)/t45?,47-,48-/m0/s1. The summed E-state index contributed by atoms with van der Waals surface area (Å²) in [5, 5.41) is 6.67. The Morgan fingerprint density at radius 1 is 0.795 bits per heavy atom. The Hall–Kier alpha value is -6.69. The number of methoxy groups -OCH3 is 2. The van der Waals surface area contributed by atoms with Gasteiger partial charge in [-0.25, -0.2) is 0 Å². The smallest absolute Gasteiger partial charge is 0.309 e. The fourth-order valence-electron chi connectivity index (χ4n) is 10.7. The third-order valence-electron chi connectivity index (χ3n) is 15.0. The van der Waals surface area contributed by atoms with Gasteiger partial charge < -0.3 is 49.0 Å². The average molecular weight is 1100 g/mol. The zero-order valence-electron chi connectivity index (χ0n) is 45.7. The van der Waals surface area contributed by atoms with Crippen molar-refractivity contribution in [3.05, 3.63) is 141 Å². The molecule has 4 heterocycles. The number of nitrogens with zero attached hydrogens (tertiary/aromatic N) is 3. The Morgan fingerprint density at radius 3 is 2.10 bits per heavy atom. The minimum atomic E-state index is -0.605. The third-order valence-corrected chi connectivity index (χ3v) is 18.4. The zero-order chi connectivity index (χ0) is 55.1. The molecule has 0 bridgehead atoms. The van der Waals surface area contributed by atoms with Gasteiger partial charge in [-0.15, -0.1) is 0 Å². The Balaban J connectivity index is 0.907. The summed E-state index contributed by atoms with van der Waals surface area (Å²) in [5.41, 5.74) is 10.4. The Kier molecular flexibility index (Phi) is 17.9. The molecule has 0 saturated carbocycles. The number of fused-ring (bicyclic) bond motifs is 6. The van der Waals surface area contributed by atoms with Crippen LogP contribution in [-0.2, 0) is 63.0 Å². The maximum absolute atomic E-state index is 14.3. The van der Waals surface area contributed by atoms with E-state index < -0.39 is 11.9 Å².